The summed E-state index contributed by atoms with van der Waals surface area (Å²) in [6.45, 7) is 0. The van der Waals surface area contributed by atoms with Crippen molar-refractivity contribution >= 4 is 33.4 Å². The molecule has 0 saturated heterocycles. The molecular weight excluding hydrogens is 459 g/mol. The molecule has 0 aliphatic heterocycles. The number of benzene rings is 1. The molecule has 1 aromatic carbocycles. The summed E-state index contributed by atoms with van der Waals surface area (Å²) in [6, 6.07) is 6.82. The number of aromatic amines is 2. The van der Waals surface area contributed by atoms with Crippen LogP contribution in [0.25, 0.3) is 33.1 Å². The zero-order valence-electron chi connectivity index (χ0n) is 18.2. The zero-order valence-corrected chi connectivity index (χ0v) is 18.2. The van der Waals surface area contributed by atoms with Gasteiger partial charge >= 0.3 is 6.18 Å². The van der Waals surface area contributed by atoms with Gasteiger partial charge in [0.05, 0.1) is 22.3 Å². The molecule has 1 aliphatic carbocycles. The Bertz CT molecular complexity index is 1590. The number of pyridine rings is 2. The predicted octanol–water partition coefficient (Wildman–Crippen LogP) is 5.05. The fraction of sp³-hybridized carbons (Fsp3) is 0.208. The number of nitrogens with zero attached hydrogens (tertiary/aromatic N) is 4. The van der Waals surface area contributed by atoms with E-state index in [1.54, 1.807) is 36.7 Å². The van der Waals surface area contributed by atoms with E-state index >= 15 is 0 Å². The number of halogens is 3. The smallest absolute Gasteiger partial charge is 0.320 e. The van der Waals surface area contributed by atoms with E-state index in [1.165, 1.54) is 6.20 Å². The molecule has 35 heavy (non-hydrogen) atoms. The van der Waals surface area contributed by atoms with Crippen LogP contribution in [0.4, 0.5) is 18.9 Å². The van der Waals surface area contributed by atoms with Crippen molar-refractivity contribution in [1.82, 2.24) is 30.4 Å². The summed E-state index contributed by atoms with van der Waals surface area (Å²) in [7, 11) is 0. The average molecular weight is 477 g/mol. The molecule has 0 atom stereocenters. The minimum absolute atomic E-state index is 0.0690. The molecule has 0 fully saturated rings. The largest absolute Gasteiger partial charge is 0.435 e. The number of H-pyrrole nitrogens is 2. The Hall–Kier alpha value is -4.28. The quantitative estimate of drug-likeness (QED) is 0.337. The normalized spacial score (nSPS) is 13.8. The SMILES string of the molecule is O=C(Nc1ccncc1)c1n[nH]c2ccc3nc(-c4c[nH]nc4C(F)(F)F)c4c(c3c12)CCCC4. The van der Waals surface area contributed by atoms with Crippen molar-refractivity contribution in [1.29, 1.82) is 0 Å². The van der Waals surface area contributed by atoms with Crippen LogP contribution in [-0.2, 0) is 19.0 Å². The van der Waals surface area contributed by atoms with E-state index in [4.69, 9.17) is 0 Å². The van der Waals surface area contributed by atoms with Gasteiger partial charge in [-0.25, -0.2) is 4.98 Å². The van der Waals surface area contributed by atoms with Crippen LogP contribution in [-0.4, -0.2) is 36.3 Å². The number of carbonyl (C=O) groups excluding carboxylic acids is 1. The predicted molar refractivity (Wildman–Crippen MR) is 123 cm³/mol. The second kappa shape index (κ2) is 7.90. The number of hydrogen-bond acceptors (Lipinski definition) is 5. The van der Waals surface area contributed by atoms with Gasteiger partial charge in [0.2, 0.25) is 0 Å². The lowest BCUT2D eigenvalue weighted by molar-refractivity contribution is -0.140. The first kappa shape index (κ1) is 21.3. The highest BCUT2D eigenvalue weighted by Crippen LogP contribution is 2.42. The van der Waals surface area contributed by atoms with E-state index in [2.05, 4.69) is 35.7 Å². The number of rotatable bonds is 3. The Labute approximate surface area is 196 Å². The van der Waals surface area contributed by atoms with Crippen molar-refractivity contribution in [2.75, 3.05) is 5.32 Å². The number of hydrogen-bond donors (Lipinski definition) is 3. The van der Waals surface area contributed by atoms with Crippen LogP contribution in [0.3, 0.4) is 0 Å². The molecule has 0 unspecified atom stereocenters. The van der Waals surface area contributed by atoms with E-state index < -0.39 is 17.8 Å². The molecule has 1 aliphatic rings. The summed E-state index contributed by atoms with van der Waals surface area (Å²) in [5, 5.41) is 17.1. The number of nitrogens with one attached hydrogen (secondary N) is 3. The van der Waals surface area contributed by atoms with Crippen LogP contribution >= 0.6 is 0 Å². The summed E-state index contributed by atoms with van der Waals surface area (Å²) < 4.78 is 40.9. The number of anilines is 1. The van der Waals surface area contributed by atoms with Gasteiger partial charge in [0, 0.05) is 35.1 Å². The monoisotopic (exact) mass is 477 g/mol. The fourth-order valence-electron chi connectivity index (χ4n) is 4.83. The molecule has 0 radical (unpaired) electrons. The molecule has 3 N–H and O–H groups in total. The van der Waals surface area contributed by atoms with Crippen molar-refractivity contribution in [3.8, 4) is 11.3 Å². The number of fused-ring (bicyclic) bond motifs is 5. The molecule has 4 aromatic heterocycles. The van der Waals surface area contributed by atoms with Gasteiger partial charge in [-0.15, -0.1) is 0 Å². The minimum Gasteiger partial charge on any atom is -0.320 e. The third-order valence-electron chi connectivity index (χ3n) is 6.31. The molecule has 0 saturated carbocycles. The molecule has 5 aromatic rings. The van der Waals surface area contributed by atoms with E-state index in [-0.39, 0.29) is 17.0 Å². The first-order valence-corrected chi connectivity index (χ1v) is 11.1. The Balaban J connectivity index is 1.59. The number of carbonyl (C=O) groups is 1. The van der Waals surface area contributed by atoms with Gasteiger partial charge < -0.3 is 5.32 Å². The number of aromatic nitrogens is 6. The first-order valence-electron chi connectivity index (χ1n) is 11.1. The summed E-state index contributed by atoms with van der Waals surface area (Å²) in [4.78, 5) is 21.8. The van der Waals surface area contributed by atoms with E-state index in [0.717, 1.165) is 29.4 Å². The topological polar surface area (TPSA) is 112 Å². The van der Waals surface area contributed by atoms with Crippen LogP contribution in [0, 0.1) is 0 Å². The Kier molecular flexibility index (Phi) is 4.80. The average Bonchev–Trinajstić information content (AvgIpc) is 3.51. The summed E-state index contributed by atoms with van der Waals surface area (Å²) >= 11 is 0. The van der Waals surface area contributed by atoms with Crippen LogP contribution < -0.4 is 5.32 Å². The summed E-state index contributed by atoms with van der Waals surface area (Å²) in [5.41, 5.74) is 2.80. The second-order valence-corrected chi connectivity index (χ2v) is 8.41. The molecule has 176 valence electrons. The summed E-state index contributed by atoms with van der Waals surface area (Å²) in [6.07, 6.45) is 2.75. The van der Waals surface area contributed by atoms with Crippen molar-refractivity contribution in [2.24, 2.45) is 0 Å². The second-order valence-electron chi connectivity index (χ2n) is 8.41. The van der Waals surface area contributed by atoms with Gasteiger partial charge in [0.15, 0.2) is 11.4 Å². The van der Waals surface area contributed by atoms with Crippen LogP contribution in [0.1, 0.15) is 40.2 Å². The van der Waals surface area contributed by atoms with Gasteiger partial charge in [0.25, 0.3) is 5.91 Å². The first-order chi connectivity index (χ1) is 16.9. The fourth-order valence-corrected chi connectivity index (χ4v) is 4.83. The number of aryl methyl sites for hydroxylation is 1. The third-order valence-corrected chi connectivity index (χ3v) is 6.31. The van der Waals surface area contributed by atoms with Gasteiger partial charge in [-0.05, 0) is 61.1 Å². The van der Waals surface area contributed by atoms with E-state index in [9.17, 15) is 18.0 Å². The maximum Gasteiger partial charge on any atom is 0.435 e. The van der Waals surface area contributed by atoms with Crippen LogP contribution in [0.15, 0.2) is 42.9 Å². The zero-order chi connectivity index (χ0) is 24.2. The van der Waals surface area contributed by atoms with Gasteiger partial charge in [0.1, 0.15) is 0 Å². The Morgan fingerprint density at radius 1 is 0.971 bits per heavy atom. The highest BCUT2D eigenvalue weighted by Gasteiger charge is 2.38. The minimum atomic E-state index is -4.61. The molecule has 11 heteroatoms. The Morgan fingerprint density at radius 2 is 1.74 bits per heavy atom. The molecule has 0 spiro atoms. The lowest BCUT2D eigenvalue weighted by atomic mass is 9.85. The lowest BCUT2D eigenvalue weighted by Gasteiger charge is -2.22. The van der Waals surface area contributed by atoms with Crippen LogP contribution in [0.2, 0.25) is 0 Å². The maximum atomic E-state index is 13.6. The van der Waals surface area contributed by atoms with Crippen molar-refractivity contribution in [3.63, 3.8) is 0 Å². The van der Waals surface area contributed by atoms with E-state index in [0.29, 0.717) is 34.9 Å². The standard InChI is InChI=1S/C24H18F3N7O/c25-24(26,27)22-15(11-29-34-22)20-14-4-2-1-3-13(14)18-16(31-20)5-6-17-19(18)21(33-32-17)23(35)30-12-7-9-28-10-8-12/h5-11H,1-4H2,(H,29,34)(H,32,33)(H,28,30,35). The van der Waals surface area contributed by atoms with Crippen LogP contribution in [0.5, 0.6) is 0 Å². The Morgan fingerprint density at radius 3 is 2.51 bits per heavy atom. The maximum absolute atomic E-state index is 13.6. The highest BCUT2D eigenvalue weighted by molar-refractivity contribution is 6.19. The molecule has 8 nitrogen and oxygen atoms in total. The number of alkyl halides is 3. The van der Waals surface area contributed by atoms with Crippen molar-refractivity contribution < 1.29 is 18.0 Å². The molecular formula is C24H18F3N7O. The van der Waals surface area contributed by atoms with Crippen molar-refractivity contribution in [2.45, 2.75) is 31.9 Å². The molecule has 1 amide bonds. The van der Waals surface area contributed by atoms with E-state index in [1.807, 2.05) is 0 Å². The highest BCUT2D eigenvalue weighted by atomic mass is 19.4. The summed E-state index contributed by atoms with van der Waals surface area (Å²) in [5.74, 6) is -0.405. The van der Waals surface area contributed by atoms with Gasteiger partial charge in [-0.3, -0.25) is 20.0 Å². The van der Waals surface area contributed by atoms with Crippen molar-refractivity contribution in [3.05, 3.63) is 65.4 Å². The molecule has 4 heterocycles. The van der Waals surface area contributed by atoms with Gasteiger partial charge in [-0.2, -0.15) is 23.4 Å². The lowest BCUT2D eigenvalue weighted by Crippen LogP contribution is -2.14. The van der Waals surface area contributed by atoms with Gasteiger partial charge in [-0.1, -0.05) is 0 Å². The third kappa shape index (κ3) is 3.50. The number of amides is 1. The molecule has 0 bridgehead atoms. The molecule has 6 rings (SSSR count).